The Kier molecular flexibility index (Phi) is 11.0. The highest BCUT2D eigenvalue weighted by Crippen LogP contribution is 2.36. The Morgan fingerprint density at radius 1 is 1.07 bits per heavy atom. The van der Waals surface area contributed by atoms with E-state index in [1.54, 1.807) is 32.2 Å². The fourth-order valence-electron chi connectivity index (χ4n) is 4.40. The van der Waals surface area contributed by atoms with E-state index in [9.17, 15) is 22.8 Å². The number of nitrogens with one attached hydrogen (secondary N) is 1. The van der Waals surface area contributed by atoms with Gasteiger partial charge in [0.15, 0.2) is 0 Å². The van der Waals surface area contributed by atoms with Crippen molar-refractivity contribution < 1.29 is 22.8 Å². The number of fused-ring (bicyclic) bond motifs is 1. The number of nitrogens with two attached hydrogens (primary N) is 2. The number of alkyl halides is 3. The van der Waals surface area contributed by atoms with Gasteiger partial charge in [-0.3, -0.25) is 14.0 Å². The molecule has 4 aromatic rings. The van der Waals surface area contributed by atoms with Crippen molar-refractivity contribution in [3.63, 3.8) is 0 Å². The van der Waals surface area contributed by atoms with Crippen LogP contribution in [0.1, 0.15) is 73.6 Å². The van der Waals surface area contributed by atoms with Crippen LogP contribution < -0.4 is 16.8 Å². The highest BCUT2D eigenvalue weighted by Gasteiger charge is 2.30. The Labute approximate surface area is 242 Å². The number of hydrogen-bond donors (Lipinski definition) is 3. The fraction of sp³-hybridized carbons (Fsp3) is 0.367. The Morgan fingerprint density at radius 3 is 2.26 bits per heavy atom. The van der Waals surface area contributed by atoms with E-state index in [0.717, 1.165) is 47.2 Å². The standard InChI is InChI=1S/C19H20N4O.C7H7F3N2.C4H9NO/c20-18-17-16(14-8-6-13(12-24)7-9-14)22-19(23(17)11-10-21-18)15-4-2-1-3-5-15;1-11-6-4-5(2-3-12-6)7(8,9)10;1-3(2)4(5)6/h6-12,15H,1-5H2,(H2,20,21);2-4H,1H3,(H,11,12);3H,1-2H3,(H2,5,6). The van der Waals surface area contributed by atoms with Gasteiger partial charge in [-0.2, -0.15) is 13.2 Å². The number of nitrogens with zero attached hydrogens (tertiary/aromatic N) is 4. The normalized spacial score (nSPS) is 13.5. The molecule has 0 spiro atoms. The van der Waals surface area contributed by atoms with Crippen LogP contribution in [0.5, 0.6) is 0 Å². The second-order valence-corrected chi connectivity index (χ2v) is 10.2. The topological polar surface area (TPSA) is 141 Å². The predicted octanol–water partition coefficient (Wildman–Crippen LogP) is 6.11. The maximum atomic E-state index is 12.0. The first-order chi connectivity index (χ1) is 20.0. The van der Waals surface area contributed by atoms with Crippen LogP contribution in [0.15, 0.2) is 55.0 Å². The molecule has 1 aromatic carbocycles. The van der Waals surface area contributed by atoms with Gasteiger partial charge in [-0.1, -0.05) is 57.4 Å². The van der Waals surface area contributed by atoms with Crippen molar-refractivity contribution in [2.45, 2.75) is 58.0 Å². The molecule has 0 unspecified atom stereocenters. The minimum atomic E-state index is -4.30. The summed E-state index contributed by atoms with van der Waals surface area (Å²) in [5.74, 6) is 2.00. The Hall–Kier alpha value is -4.48. The maximum Gasteiger partial charge on any atom is 0.416 e. The van der Waals surface area contributed by atoms with E-state index < -0.39 is 11.7 Å². The number of halogens is 3. The van der Waals surface area contributed by atoms with Crippen LogP contribution in [0, 0.1) is 5.92 Å². The van der Waals surface area contributed by atoms with Crippen LogP contribution in [0.25, 0.3) is 16.8 Å². The number of nitrogen functional groups attached to an aromatic ring is 1. The number of imidazole rings is 1. The molecule has 1 fully saturated rings. The third-order valence-electron chi connectivity index (χ3n) is 6.81. The molecule has 0 saturated heterocycles. The molecule has 5 N–H and O–H groups in total. The van der Waals surface area contributed by atoms with Crippen molar-refractivity contribution in [2.75, 3.05) is 18.1 Å². The first-order valence-electron chi connectivity index (χ1n) is 13.6. The summed E-state index contributed by atoms with van der Waals surface area (Å²) in [7, 11) is 1.52. The molecule has 5 rings (SSSR count). The number of benzene rings is 1. The summed E-state index contributed by atoms with van der Waals surface area (Å²) in [6.45, 7) is 3.53. The van der Waals surface area contributed by atoms with Gasteiger partial charge in [-0.25, -0.2) is 15.0 Å². The average Bonchev–Trinajstić information content (AvgIpc) is 3.39. The van der Waals surface area contributed by atoms with E-state index in [2.05, 4.69) is 19.7 Å². The Bertz CT molecular complexity index is 1480. The third-order valence-corrected chi connectivity index (χ3v) is 6.81. The highest BCUT2D eigenvalue weighted by molar-refractivity contribution is 5.86. The summed E-state index contributed by atoms with van der Waals surface area (Å²) in [6.07, 6.45) is 7.51. The summed E-state index contributed by atoms with van der Waals surface area (Å²) in [5.41, 5.74) is 13.6. The maximum absolute atomic E-state index is 12.0. The molecular weight excluding hydrogens is 547 g/mol. The van der Waals surface area contributed by atoms with E-state index in [4.69, 9.17) is 16.5 Å². The van der Waals surface area contributed by atoms with Crippen LogP contribution in [-0.4, -0.2) is 38.6 Å². The zero-order chi connectivity index (χ0) is 30.9. The molecule has 3 heterocycles. The van der Waals surface area contributed by atoms with Crippen LogP contribution in [0.2, 0.25) is 0 Å². The van der Waals surface area contributed by atoms with Gasteiger partial charge in [0.1, 0.15) is 35.0 Å². The summed E-state index contributed by atoms with van der Waals surface area (Å²) in [4.78, 5) is 33.7. The molecule has 3 aromatic heterocycles. The molecule has 42 heavy (non-hydrogen) atoms. The third kappa shape index (κ3) is 8.27. The van der Waals surface area contributed by atoms with E-state index in [-0.39, 0.29) is 17.6 Å². The lowest BCUT2D eigenvalue weighted by Gasteiger charge is -2.20. The molecular formula is C30H36F3N7O2. The molecule has 0 radical (unpaired) electrons. The minimum absolute atomic E-state index is 0.00926. The molecule has 1 saturated carbocycles. The molecule has 224 valence electrons. The van der Waals surface area contributed by atoms with Crippen molar-refractivity contribution >= 4 is 29.3 Å². The first kappa shape index (κ1) is 32.0. The number of pyridine rings is 1. The number of hydrogen-bond acceptors (Lipinski definition) is 7. The number of amides is 1. The summed E-state index contributed by atoms with van der Waals surface area (Å²) in [5, 5.41) is 2.53. The van der Waals surface area contributed by atoms with E-state index in [1.165, 1.54) is 39.2 Å². The van der Waals surface area contributed by atoms with Crippen molar-refractivity contribution in [1.82, 2.24) is 19.4 Å². The van der Waals surface area contributed by atoms with Crippen LogP contribution in [-0.2, 0) is 11.0 Å². The van der Waals surface area contributed by atoms with Gasteiger partial charge in [0.2, 0.25) is 5.91 Å². The number of aldehydes is 1. The van der Waals surface area contributed by atoms with Gasteiger partial charge in [-0.15, -0.1) is 0 Å². The summed E-state index contributed by atoms with van der Waals surface area (Å²) >= 11 is 0. The molecule has 1 amide bonds. The molecule has 9 nitrogen and oxygen atoms in total. The predicted molar refractivity (Wildman–Crippen MR) is 157 cm³/mol. The zero-order valence-corrected chi connectivity index (χ0v) is 23.9. The summed E-state index contributed by atoms with van der Waals surface area (Å²) in [6, 6.07) is 9.34. The quantitative estimate of drug-likeness (QED) is 0.241. The van der Waals surface area contributed by atoms with E-state index >= 15 is 0 Å². The Morgan fingerprint density at radius 2 is 1.71 bits per heavy atom. The largest absolute Gasteiger partial charge is 0.416 e. The van der Waals surface area contributed by atoms with Crippen LogP contribution >= 0.6 is 0 Å². The van der Waals surface area contributed by atoms with Gasteiger partial charge in [0.05, 0.1) is 5.56 Å². The number of primary amides is 1. The second-order valence-electron chi connectivity index (χ2n) is 10.2. The number of aromatic nitrogens is 4. The lowest BCUT2D eigenvalue weighted by molar-refractivity contribution is -0.137. The highest BCUT2D eigenvalue weighted by atomic mass is 19.4. The number of rotatable bonds is 5. The molecule has 0 bridgehead atoms. The van der Waals surface area contributed by atoms with Gasteiger partial charge >= 0.3 is 6.18 Å². The lowest BCUT2D eigenvalue weighted by atomic mass is 9.89. The van der Waals surface area contributed by atoms with Gasteiger partial charge < -0.3 is 16.8 Å². The lowest BCUT2D eigenvalue weighted by Crippen LogP contribution is -2.17. The molecule has 1 aliphatic rings. The number of carbonyl (C=O) groups is 2. The molecule has 12 heteroatoms. The smallest absolute Gasteiger partial charge is 0.382 e. The van der Waals surface area contributed by atoms with E-state index in [1.807, 2.05) is 18.3 Å². The SMILES string of the molecule is CC(C)C(N)=O.CNc1cc(C(F)(F)F)ccn1.Nc1nccn2c(C3CCCCC3)nc(-c3ccc(C=O)cc3)c12. The van der Waals surface area contributed by atoms with Gasteiger partial charge in [0, 0.05) is 48.6 Å². The molecule has 1 aliphatic carbocycles. The van der Waals surface area contributed by atoms with Gasteiger partial charge in [0.25, 0.3) is 0 Å². The van der Waals surface area contributed by atoms with Crippen molar-refractivity contribution in [2.24, 2.45) is 11.7 Å². The second kappa shape index (κ2) is 14.4. The van der Waals surface area contributed by atoms with Crippen LogP contribution in [0.4, 0.5) is 24.8 Å². The average molecular weight is 584 g/mol. The van der Waals surface area contributed by atoms with Crippen molar-refractivity contribution in [1.29, 1.82) is 0 Å². The number of anilines is 2. The monoisotopic (exact) mass is 583 g/mol. The first-order valence-corrected chi connectivity index (χ1v) is 13.6. The van der Waals surface area contributed by atoms with Gasteiger partial charge in [-0.05, 0) is 25.0 Å². The molecule has 0 atom stereocenters. The van der Waals surface area contributed by atoms with E-state index in [0.29, 0.717) is 17.3 Å². The fourth-order valence-corrected chi connectivity index (χ4v) is 4.40. The van der Waals surface area contributed by atoms with Crippen LogP contribution in [0.3, 0.4) is 0 Å². The van der Waals surface area contributed by atoms with Crippen molar-refractivity contribution in [3.05, 3.63) is 71.9 Å². The molecule has 0 aliphatic heterocycles. The Balaban J connectivity index is 0.000000224. The minimum Gasteiger partial charge on any atom is -0.382 e. The summed E-state index contributed by atoms with van der Waals surface area (Å²) < 4.78 is 38.2. The number of carbonyl (C=O) groups excluding carboxylic acids is 2. The zero-order valence-electron chi connectivity index (χ0n) is 23.9. The van der Waals surface area contributed by atoms with Crippen molar-refractivity contribution in [3.8, 4) is 11.3 Å².